The van der Waals surface area contributed by atoms with Crippen LogP contribution in [0.15, 0.2) is 42.5 Å². The Balaban J connectivity index is 2.01. The minimum absolute atomic E-state index is 0.0297. The molecular weight excluding hydrogens is 186 g/mol. The summed E-state index contributed by atoms with van der Waals surface area (Å²) in [6, 6.07) is 9.84. The Morgan fingerprint density at radius 3 is 2.67 bits per heavy atom. The summed E-state index contributed by atoms with van der Waals surface area (Å²) in [5.41, 5.74) is 2.08. The maximum Gasteiger partial charge on any atom is 0.159 e. The minimum Gasteiger partial charge on any atom is -0.375 e. The van der Waals surface area contributed by atoms with Gasteiger partial charge < -0.3 is 5.32 Å². The average Bonchev–Trinajstić information content (AvgIpc) is 2.24. The van der Waals surface area contributed by atoms with Crippen molar-refractivity contribution in [3.63, 3.8) is 0 Å². The van der Waals surface area contributed by atoms with Crippen molar-refractivity contribution in [2.45, 2.75) is 25.3 Å². The molecule has 0 bridgehead atoms. The van der Waals surface area contributed by atoms with E-state index in [-0.39, 0.29) is 11.8 Å². The number of para-hydroxylation sites is 1. The molecule has 1 atom stereocenters. The summed E-state index contributed by atoms with van der Waals surface area (Å²) < 4.78 is 0. The molecule has 0 aromatic heterocycles. The normalized spacial score (nSPS) is 21.5. The number of ketones is 1. The highest BCUT2D eigenvalue weighted by atomic mass is 16.1. The van der Waals surface area contributed by atoms with Gasteiger partial charge in [-0.1, -0.05) is 30.4 Å². The lowest BCUT2D eigenvalue weighted by Crippen LogP contribution is -2.32. The minimum atomic E-state index is -0.0297. The summed E-state index contributed by atoms with van der Waals surface area (Å²) in [6.45, 7) is 3.86. The number of carbonyl (C=O) groups is 1. The topological polar surface area (TPSA) is 29.1 Å². The van der Waals surface area contributed by atoms with E-state index in [0.29, 0.717) is 6.42 Å². The zero-order chi connectivity index (χ0) is 10.7. The molecule has 2 rings (SSSR count). The first-order valence-corrected chi connectivity index (χ1v) is 5.26. The molecule has 1 saturated carbocycles. The van der Waals surface area contributed by atoms with Crippen molar-refractivity contribution in [3.05, 3.63) is 42.5 Å². The van der Waals surface area contributed by atoms with Crippen molar-refractivity contribution in [2.24, 2.45) is 0 Å². The van der Waals surface area contributed by atoms with Crippen LogP contribution in [0.25, 0.3) is 0 Å². The average molecular weight is 201 g/mol. The van der Waals surface area contributed by atoms with Crippen LogP contribution >= 0.6 is 0 Å². The first kappa shape index (κ1) is 9.97. The third-order valence-electron chi connectivity index (χ3n) is 2.71. The number of nitrogens with one attached hydrogen (secondary N) is 1. The van der Waals surface area contributed by atoms with E-state index < -0.39 is 0 Å². The van der Waals surface area contributed by atoms with Gasteiger partial charge in [0.2, 0.25) is 0 Å². The Bertz CT molecular complexity index is 369. The number of rotatable bonds is 2. The lowest BCUT2D eigenvalue weighted by atomic mass is 9.90. The van der Waals surface area contributed by atoms with E-state index in [1.54, 1.807) is 0 Å². The Morgan fingerprint density at radius 2 is 2.00 bits per heavy atom. The third kappa shape index (κ3) is 2.46. The standard InChI is InChI=1S/C13H15NO/c1-10-7-8-12(13(15)9-10)14-11-5-3-2-4-6-11/h2-6,12,14H,1,7-9H2. The van der Waals surface area contributed by atoms with Gasteiger partial charge in [0.15, 0.2) is 5.78 Å². The monoisotopic (exact) mass is 201 g/mol. The van der Waals surface area contributed by atoms with Gasteiger partial charge in [-0.3, -0.25) is 4.79 Å². The van der Waals surface area contributed by atoms with E-state index in [1.807, 2.05) is 30.3 Å². The number of benzene rings is 1. The Morgan fingerprint density at radius 1 is 1.27 bits per heavy atom. The van der Waals surface area contributed by atoms with Gasteiger partial charge in [0, 0.05) is 12.1 Å². The third-order valence-corrected chi connectivity index (χ3v) is 2.71. The molecule has 2 nitrogen and oxygen atoms in total. The van der Waals surface area contributed by atoms with Crippen LogP contribution in [-0.4, -0.2) is 11.8 Å². The quantitative estimate of drug-likeness (QED) is 0.745. The lowest BCUT2D eigenvalue weighted by molar-refractivity contribution is -0.119. The molecule has 1 aromatic carbocycles. The summed E-state index contributed by atoms with van der Waals surface area (Å²) >= 11 is 0. The van der Waals surface area contributed by atoms with Crippen LogP contribution in [-0.2, 0) is 4.79 Å². The maximum atomic E-state index is 11.7. The lowest BCUT2D eigenvalue weighted by Gasteiger charge is -2.23. The molecule has 0 radical (unpaired) electrons. The van der Waals surface area contributed by atoms with Gasteiger partial charge in [-0.15, -0.1) is 0 Å². The summed E-state index contributed by atoms with van der Waals surface area (Å²) in [7, 11) is 0. The van der Waals surface area contributed by atoms with Gasteiger partial charge in [0.1, 0.15) is 0 Å². The van der Waals surface area contributed by atoms with Gasteiger partial charge in [-0.05, 0) is 25.0 Å². The molecule has 2 heteroatoms. The van der Waals surface area contributed by atoms with Gasteiger partial charge in [0.05, 0.1) is 6.04 Å². The number of Topliss-reactive ketones (excluding diaryl/α,β-unsaturated/α-hetero) is 1. The van der Waals surface area contributed by atoms with Crippen LogP contribution in [0.2, 0.25) is 0 Å². The molecule has 0 heterocycles. The highest BCUT2D eigenvalue weighted by molar-refractivity contribution is 5.89. The van der Waals surface area contributed by atoms with E-state index in [9.17, 15) is 4.79 Å². The zero-order valence-electron chi connectivity index (χ0n) is 8.70. The van der Waals surface area contributed by atoms with E-state index in [0.717, 1.165) is 24.1 Å². The van der Waals surface area contributed by atoms with E-state index in [1.165, 1.54) is 0 Å². The SMILES string of the molecule is C=C1CCC(Nc2ccccc2)C(=O)C1. The van der Waals surface area contributed by atoms with Crippen molar-refractivity contribution in [3.8, 4) is 0 Å². The molecule has 0 aliphatic heterocycles. The Kier molecular flexibility index (Phi) is 2.86. The van der Waals surface area contributed by atoms with Crippen LogP contribution in [0.5, 0.6) is 0 Å². The Labute approximate surface area is 90.0 Å². The predicted octanol–water partition coefficient (Wildman–Crippen LogP) is 2.78. The van der Waals surface area contributed by atoms with Crippen molar-refractivity contribution in [1.29, 1.82) is 0 Å². The van der Waals surface area contributed by atoms with E-state index in [2.05, 4.69) is 11.9 Å². The highest BCUT2D eigenvalue weighted by Crippen LogP contribution is 2.22. The summed E-state index contributed by atoms with van der Waals surface area (Å²) in [6.07, 6.45) is 2.35. The molecule has 1 unspecified atom stereocenters. The number of anilines is 1. The van der Waals surface area contributed by atoms with Crippen molar-refractivity contribution in [1.82, 2.24) is 0 Å². The van der Waals surface area contributed by atoms with E-state index in [4.69, 9.17) is 0 Å². The smallest absolute Gasteiger partial charge is 0.159 e. The fourth-order valence-corrected chi connectivity index (χ4v) is 1.86. The molecule has 0 amide bonds. The van der Waals surface area contributed by atoms with Crippen molar-refractivity contribution < 1.29 is 4.79 Å². The largest absolute Gasteiger partial charge is 0.375 e. The van der Waals surface area contributed by atoms with Gasteiger partial charge in [0.25, 0.3) is 0 Å². The van der Waals surface area contributed by atoms with Gasteiger partial charge in [-0.2, -0.15) is 0 Å². The predicted molar refractivity (Wildman–Crippen MR) is 61.9 cm³/mol. The number of hydrogen-bond acceptors (Lipinski definition) is 2. The fraction of sp³-hybridized carbons (Fsp3) is 0.308. The molecule has 1 aliphatic carbocycles. The Hall–Kier alpha value is -1.57. The zero-order valence-corrected chi connectivity index (χ0v) is 8.70. The fourth-order valence-electron chi connectivity index (χ4n) is 1.86. The summed E-state index contributed by atoms with van der Waals surface area (Å²) in [5, 5.41) is 3.26. The first-order chi connectivity index (χ1) is 7.25. The summed E-state index contributed by atoms with van der Waals surface area (Å²) in [4.78, 5) is 11.7. The second-order valence-electron chi connectivity index (χ2n) is 3.99. The van der Waals surface area contributed by atoms with Crippen LogP contribution in [0.4, 0.5) is 5.69 Å². The number of allylic oxidation sites excluding steroid dienone is 1. The van der Waals surface area contributed by atoms with E-state index >= 15 is 0 Å². The van der Waals surface area contributed by atoms with Gasteiger partial charge >= 0.3 is 0 Å². The molecule has 1 aromatic rings. The molecule has 1 N–H and O–H groups in total. The van der Waals surface area contributed by atoms with Crippen LogP contribution < -0.4 is 5.32 Å². The molecule has 78 valence electrons. The van der Waals surface area contributed by atoms with Gasteiger partial charge in [-0.25, -0.2) is 0 Å². The molecule has 1 fully saturated rings. The first-order valence-electron chi connectivity index (χ1n) is 5.26. The summed E-state index contributed by atoms with van der Waals surface area (Å²) in [5.74, 6) is 0.259. The van der Waals surface area contributed by atoms with Crippen molar-refractivity contribution >= 4 is 11.5 Å². The molecular formula is C13H15NO. The van der Waals surface area contributed by atoms with Crippen LogP contribution in [0.3, 0.4) is 0 Å². The van der Waals surface area contributed by atoms with Crippen LogP contribution in [0, 0.1) is 0 Å². The second kappa shape index (κ2) is 4.30. The molecule has 0 spiro atoms. The van der Waals surface area contributed by atoms with Crippen molar-refractivity contribution in [2.75, 3.05) is 5.32 Å². The second-order valence-corrected chi connectivity index (χ2v) is 3.99. The number of carbonyl (C=O) groups excluding carboxylic acids is 1. The molecule has 15 heavy (non-hydrogen) atoms. The molecule has 0 saturated heterocycles. The molecule has 1 aliphatic rings. The van der Waals surface area contributed by atoms with Crippen LogP contribution in [0.1, 0.15) is 19.3 Å². The highest BCUT2D eigenvalue weighted by Gasteiger charge is 2.23. The maximum absolute atomic E-state index is 11.7. The number of hydrogen-bond donors (Lipinski definition) is 1.